The van der Waals surface area contributed by atoms with Gasteiger partial charge in [0.05, 0.1) is 29.8 Å². The minimum absolute atomic E-state index is 0.139. The molecule has 1 aromatic carbocycles. The molecule has 1 saturated heterocycles. The number of morpholine rings is 1. The summed E-state index contributed by atoms with van der Waals surface area (Å²) in [6.45, 7) is 7.31. The molecule has 0 unspecified atom stereocenters. The number of hydrogen-bond donors (Lipinski definition) is 0. The average Bonchev–Trinajstić information content (AvgIpc) is 3.17. The van der Waals surface area contributed by atoms with Gasteiger partial charge in [-0.2, -0.15) is 0 Å². The number of anilines is 1. The van der Waals surface area contributed by atoms with Crippen LogP contribution in [0.15, 0.2) is 29.3 Å². The quantitative estimate of drug-likeness (QED) is 0.577. The number of rotatable bonds is 6. The van der Waals surface area contributed by atoms with Crippen LogP contribution in [0.1, 0.15) is 11.3 Å². The topological polar surface area (TPSA) is 80.6 Å². The van der Waals surface area contributed by atoms with E-state index in [0.29, 0.717) is 52.9 Å². The first kappa shape index (κ1) is 21.5. The molecule has 0 N–H and O–H groups in total. The Kier molecular flexibility index (Phi) is 6.40. The first-order valence-electron chi connectivity index (χ1n) is 10.1. The molecule has 1 fully saturated rings. The predicted octanol–water partition coefficient (Wildman–Crippen LogP) is 1.97. The van der Waals surface area contributed by atoms with Gasteiger partial charge in [0.1, 0.15) is 12.4 Å². The molecule has 0 saturated carbocycles. The number of hydrogen-bond acceptors (Lipinski definition) is 7. The van der Waals surface area contributed by atoms with Crippen molar-refractivity contribution in [3.63, 3.8) is 0 Å². The van der Waals surface area contributed by atoms with Gasteiger partial charge in [0.2, 0.25) is 5.91 Å². The molecule has 0 radical (unpaired) electrons. The Balaban J connectivity index is 1.61. The summed E-state index contributed by atoms with van der Waals surface area (Å²) in [5.41, 5.74) is 1.56. The molecule has 10 heteroatoms. The highest BCUT2D eigenvalue weighted by Crippen LogP contribution is 2.29. The number of carbonyl (C=O) groups is 1. The first-order valence-corrected chi connectivity index (χ1v) is 10.9. The number of nitrogens with zero attached hydrogens (tertiary/aromatic N) is 5. The summed E-state index contributed by atoms with van der Waals surface area (Å²) in [4.78, 5) is 38.4. The van der Waals surface area contributed by atoms with Gasteiger partial charge in [0, 0.05) is 37.4 Å². The third kappa shape index (κ3) is 4.81. The van der Waals surface area contributed by atoms with Gasteiger partial charge in [-0.05, 0) is 32.0 Å². The number of benzene rings is 1. The Morgan fingerprint density at radius 2 is 2.06 bits per heavy atom. The lowest BCUT2D eigenvalue weighted by Crippen LogP contribution is -2.44. The molecule has 1 amide bonds. The summed E-state index contributed by atoms with van der Waals surface area (Å²) >= 11 is 1.26. The summed E-state index contributed by atoms with van der Waals surface area (Å²) in [6, 6.07) is 4.37. The van der Waals surface area contributed by atoms with Gasteiger partial charge in [-0.15, -0.1) is 0 Å². The number of carbonyl (C=O) groups excluding carboxylic acids is 1. The van der Waals surface area contributed by atoms with Crippen LogP contribution in [0.3, 0.4) is 0 Å². The molecule has 2 aromatic heterocycles. The van der Waals surface area contributed by atoms with E-state index >= 15 is 0 Å². The zero-order valence-electron chi connectivity index (χ0n) is 17.5. The van der Waals surface area contributed by atoms with Crippen molar-refractivity contribution in [2.24, 2.45) is 0 Å². The van der Waals surface area contributed by atoms with Crippen molar-refractivity contribution in [3.05, 3.63) is 52.0 Å². The fourth-order valence-electron chi connectivity index (χ4n) is 3.41. The third-order valence-corrected chi connectivity index (χ3v) is 6.48. The van der Waals surface area contributed by atoms with Crippen LogP contribution >= 0.6 is 11.3 Å². The highest BCUT2D eigenvalue weighted by Gasteiger charge is 2.22. The van der Waals surface area contributed by atoms with Crippen molar-refractivity contribution in [1.82, 2.24) is 19.4 Å². The van der Waals surface area contributed by atoms with E-state index in [1.807, 2.05) is 0 Å². The van der Waals surface area contributed by atoms with E-state index in [4.69, 9.17) is 4.74 Å². The fraction of sp³-hybridized carbons (Fsp3) is 0.429. The molecule has 0 atom stereocenters. The second-order valence-electron chi connectivity index (χ2n) is 7.50. The van der Waals surface area contributed by atoms with Gasteiger partial charge in [0.25, 0.3) is 5.56 Å². The number of thiazole rings is 1. The number of amides is 1. The van der Waals surface area contributed by atoms with Gasteiger partial charge >= 0.3 is 0 Å². The largest absolute Gasteiger partial charge is 0.379 e. The molecule has 0 bridgehead atoms. The van der Waals surface area contributed by atoms with Crippen molar-refractivity contribution in [3.8, 4) is 0 Å². The highest BCUT2D eigenvalue weighted by molar-refractivity contribution is 7.22. The SMILES string of the molecule is Cc1ncn(CC(=O)N(CCN2CCOCC2)c2nc3ccc(F)cc3s2)c(=O)c1C. The summed E-state index contributed by atoms with van der Waals surface area (Å²) in [7, 11) is 0. The van der Waals surface area contributed by atoms with Crippen molar-refractivity contribution < 1.29 is 13.9 Å². The smallest absolute Gasteiger partial charge is 0.256 e. The second-order valence-corrected chi connectivity index (χ2v) is 8.51. The maximum absolute atomic E-state index is 13.6. The van der Waals surface area contributed by atoms with Crippen LogP contribution in [0.5, 0.6) is 0 Å². The minimum Gasteiger partial charge on any atom is -0.379 e. The summed E-state index contributed by atoms with van der Waals surface area (Å²) < 4.78 is 21.0. The monoisotopic (exact) mass is 445 g/mol. The lowest BCUT2D eigenvalue weighted by atomic mass is 10.3. The Labute approximate surface area is 182 Å². The molecule has 4 rings (SSSR count). The van der Waals surface area contributed by atoms with E-state index in [9.17, 15) is 14.0 Å². The number of aryl methyl sites for hydroxylation is 1. The molecule has 1 aliphatic rings. The molecule has 1 aliphatic heterocycles. The van der Waals surface area contributed by atoms with E-state index in [1.165, 1.54) is 34.4 Å². The van der Waals surface area contributed by atoms with E-state index in [1.54, 1.807) is 24.8 Å². The maximum Gasteiger partial charge on any atom is 0.256 e. The Bertz CT molecular complexity index is 1160. The van der Waals surface area contributed by atoms with Gasteiger partial charge in [-0.3, -0.25) is 24.0 Å². The van der Waals surface area contributed by atoms with Crippen molar-refractivity contribution in [2.75, 3.05) is 44.3 Å². The molecule has 31 heavy (non-hydrogen) atoms. The van der Waals surface area contributed by atoms with Crippen LogP contribution in [0.2, 0.25) is 0 Å². The second kappa shape index (κ2) is 9.21. The Morgan fingerprint density at radius 1 is 1.29 bits per heavy atom. The summed E-state index contributed by atoms with van der Waals surface area (Å²) in [5.74, 6) is -0.610. The van der Waals surface area contributed by atoms with Crippen molar-refractivity contribution in [1.29, 1.82) is 0 Å². The van der Waals surface area contributed by atoms with Crippen LogP contribution < -0.4 is 10.5 Å². The van der Waals surface area contributed by atoms with Crippen LogP contribution in [0.4, 0.5) is 9.52 Å². The maximum atomic E-state index is 13.6. The van der Waals surface area contributed by atoms with Gasteiger partial charge in [-0.25, -0.2) is 14.4 Å². The zero-order chi connectivity index (χ0) is 22.0. The molecule has 3 heterocycles. The number of ether oxygens (including phenoxy) is 1. The van der Waals surface area contributed by atoms with Gasteiger partial charge < -0.3 is 4.74 Å². The van der Waals surface area contributed by atoms with Crippen LogP contribution in [-0.2, 0) is 16.1 Å². The molecule has 0 spiro atoms. The molecular weight excluding hydrogens is 421 g/mol. The Morgan fingerprint density at radius 3 is 2.84 bits per heavy atom. The zero-order valence-corrected chi connectivity index (χ0v) is 18.3. The van der Waals surface area contributed by atoms with Crippen LogP contribution in [0, 0.1) is 19.7 Å². The third-order valence-electron chi connectivity index (χ3n) is 5.44. The standard InChI is InChI=1S/C21H24FN5O3S/c1-14-15(2)23-13-26(20(14)29)12-19(28)27(6-5-25-7-9-30-10-8-25)21-24-17-4-3-16(22)11-18(17)31-21/h3-4,11,13H,5-10,12H2,1-2H3. The van der Waals surface area contributed by atoms with Gasteiger partial charge in [-0.1, -0.05) is 11.3 Å². The van der Waals surface area contributed by atoms with Crippen molar-refractivity contribution in [2.45, 2.75) is 20.4 Å². The molecule has 8 nitrogen and oxygen atoms in total. The van der Waals surface area contributed by atoms with Crippen molar-refractivity contribution >= 4 is 32.6 Å². The van der Waals surface area contributed by atoms with Gasteiger partial charge in [0.15, 0.2) is 5.13 Å². The predicted molar refractivity (Wildman–Crippen MR) is 117 cm³/mol. The number of halogens is 1. The van der Waals surface area contributed by atoms with E-state index in [-0.39, 0.29) is 23.8 Å². The lowest BCUT2D eigenvalue weighted by Gasteiger charge is -2.29. The lowest BCUT2D eigenvalue weighted by molar-refractivity contribution is -0.119. The Hall–Kier alpha value is -2.69. The molecular formula is C21H24FN5O3S. The summed E-state index contributed by atoms with van der Waals surface area (Å²) in [6.07, 6.45) is 1.40. The molecule has 0 aliphatic carbocycles. The normalized spacial score (nSPS) is 14.8. The molecule has 164 valence electrons. The summed E-state index contributed by atoms with van der Waals surface area (Å²) in [5, 5.41) is 0.490. The van der Waals surface area contributed by atoms with Crippen LogP contribution in [-0.4, -0.2) is 64.7 Å². The van der Waals surface area contributed by atoms with E-state index < -0.39 is 0 Å². The number of aromatic nitrogens is 3. The van der Waals surface area contributed by atoms with Crippen LogP contribution in [0.25, 0.3) is 10.2 Å². The first-order chi connectivity index (χ1) is 14.9. The highest BCUT2D eigenvalue weighted by atomic mass is 32.1. The fourth-order valence-corrected chi connectivity index (χ4v) is 4.45. The van der Waals surface area contributed by atoms with E-state index in [2.05, 4.69) is 14.9 Å². The molecule has 3 aromatic rings. The minimum atomic E-state index is -0.346. The average molecular weight is 446 g/mol. The number of fused-ring (bicyclic) bond motifs is 1. The van der Waals surface area contributed by atoms with E-state index in [0.717, 1.165) is 13.1 Å².